The topological polar surface area (TPSA) is 55.1 Å². The zero-order valence-electron chi connectivity index (χ0n) is 12.5. The van der Waals surface area contributed by atoms with Crippen molar-refractivity contribution in [1.29, 1.82) is 0 Å². The number of nitrogens with two attached hydrogens (primary N) is 1. The zero-order valence-corrected chi connectivity index (χ0v) is 12.5. The molecule has 0 spiro atoms. The third-order valence-corrected chi connectivity index (χ3v) is 4.16. The molecule has 3 N–H and O–H groups in total. The standard InChI is InChI=1S/C15H30N2O/c1-11(2)9-15(7-5-6-8-15)10-17-14(18)13(16)12(3)4/h11-13H,5-10,16H2,1-4H3,(H,17,18)/t13-/m1/s1. The number of carbonyl (C=O) groups is 1. The Morgan fingerprint density at radius 2 is 1.78 bits per heavy atom. The van der Waals surface area contributed by atoms with Gasteiger partial charge in [0.05, 0.1) is 6.04 Å². The zero-order chi connectivity index (χ0) is 13.8. The molecule has 0 aliphatic heterocycles. The number of hydrogen-bond acceptors (Lipinski definition) is 2. The van der Waals surface area contributed by atoms with Gasteiger partial charge in [-0.3, -0.25) is 4.79 Å². The molecule has 0 heterocycles. The number of rotatable bonds is 6. The van der Waals surface area contributed by atoms with Crippen molar-refractivity contribution >= 4 is 5.91 Å². The van der Waals surface area contributed by atoms with Gasteiger partial charge in [-0.25, -0.2) is 0 Å². The number of hydrogen-bond donors (Lipinski definition) is 2. The highest BCUT2D eigenvalue weighted by Crippen LogP contribution is 2.42. The largest absolute Gasteiger partial charge is 0.354 e. The Labute approximate surface area is 112 Å². The molecule has 106 valence electrons. The predicted octanol–water partition coefficient (Wildman–Crippen LogP) is 2.69. The third kappa shape index (κ3) is 4.27. The molecule has 0 unspecified atom stereocenters. The molecular formula is C15H30N2O. The summed E-state index contributed by atoms with van der Waals surface area (Å²) in [7, 11) is 0. The summed E-state index contributed by atoms with van der Waals surface area (Å²) < 4.78 is 0. The molecule has 1 rings (SSSR count). The van der Waals surface area contributed by atoms with Crippen molar-refractivity contribution in [3.63, 3.8) is 0 Å². The van der Waals surface area contributed by atoms with E-state index in [2.05, 4.69) is 19.2 Å². The fourth-order valence-electron chi connectivity index (χ4n) is 3.14. The molecule has 1 aliphatic carbocycles. The lowest BCUT2D eigenvalue weighted by Crippen LogP contribution is -2.47. The summed E-state index contributed by atoms with van der Waals surface area (Å²) in [6, 6.07) is -0.373. The van der Waals surface area contributed by atoms with Gasteiger partial charge in [0.15, 0.2) is 0 Å². The predicted molar refractivity (Wildman–Crippen MR) is 76.2 cm³/mol. The summed E-state index contributed by atoms with van der Waals surface area (Å²) in [6.07, 6.45) is 6.33. The Bertz CT molecular complexity index is 268. The van der Waals surface area contributed by atoms with Crippen LogP contribution in [0.4, 0.5) is 0 Å². The van der Waals surface area contributed by atoms with Gasteiger partial charge in [-0.1, -0.05) is 40.5 Å². The monoisotopic (exact) mass is 254 g/mol. The van der Waals surface area contributed by atoms with Crippen LogP contribution < -0.4 is 11.1 Å². The Hall–Kier alpha value is -0.570. The maximum Gasteiger partial charge on any atom is 0.237 e. The number of amides is 1. The summed E-state index contributed by atoms with van der Waals surface area (Å²) in [4.78, 5) is 11.9. The molecule has 1 amide bonds. The maximum absolute atomic E-state index is 11.9. The van der Waals surface area contributed by atoms with Crippen LogP contribution in [0.15, 0.2) is 0 Å². The van der Waals surface area contributed by atoms with E-state index in [1.54, 1.807) is 0 Å². The molecule has 3 heteroatoms. The van der Waals surface area contributed by atoms with Crippen molar-refractivity contribution in [2.24, 2.45) is 23.0 Å². The van der Waals surface area contributed by atoms with Gasteiger partial charge in [0, 0.05) is 6.54 Å². The fraction of sp³-hybridized carbons (Fsp3) is 0.933. The molecule has 0 aromatic heterocycles. The summed E-state index contributed by atoms with van der Waals surface area (Å²) in [6.45, 7) is 9.32. The highest BCUT2D eigenvalue weighted by Gasteiger charge is 2.35. The summed E-state index contributed by atoms with van der Waals surface area (Å²) in [5.41, 5.74) is 6.21. The van der Waals surface area contributed by atoms with Gasteiger partial charge in [0.1, 0.15) is 0 Å². The fourth-order valence-corrected chi connectivity index (χ4v) is 3.14. The van der Waals surface area contributed by atoms with E-state index in [0.29, 0.717) is 11.3 Å². The Balaban J connectivity index is 2.50. The Kier molecular flexibility index (Phi) is 5.64. The third-order valence-electron chi connectivity index (χ3n) is 4.16. The van der Waals surface area contributed by atoms with Gasteiger partial charge in [-0.05, 0) is 36.5 Å². The van der Waals surface area contributed by atoms with Crippen molar-refractivity contribution in [1.82, 2.24) is 5.32 Å². The van der Waals surface area contributed by atoms with E-state index in [1.807, 2.05) is 13.8 Å². The van der Waals surface area contributed by atoms with Gasteiger partial charge in [0.2, 0.25) is 5.91 Å². The second-order valence-electron chi connectivity index (χ2n) is 6.79. The molecule has 0 aromatic carbocycles. The van der Waals surface area contributed by atoms with Crippen LogP contribution in [0.25, 0.3) is 0 Å². The molecule has 1 fully saturated rings. The lowest BCUT2D eigenvalue weighted by molar-refractivity contribution is -0.123. The molecular weight excluding hydrogens is 224 g/mol. The minimum absolute atomic E-state index is 0.0139. The number of nitrogens with one attached hydrogen (secondary N) is 1. The van der Waals surface area contributed by atoms with E-state index < -0.39 is 0 Å². The second-order valence-corrected chi connectivity index (χ2v) is 6.79. The Morgan fingerprint density at radius 1 is 1.22 bits per heavy atom. The van der Waals surface area contributed by atoms with Gasteiger partial charge in [-0.15, -0.1) is 0 Å². The van der Waals surface area contributed by atoms with E-state index in [0.717, 1.165) is 6.54 Å². The molecule has 0 radical (unpaired) electrons. The molecule has 1 atom stereocenters. The quantitative estimate of drug-likeness (QED) is 0.765. The summed E-state index contributed by atoms with van der Waals surface area (Å²) in [5.74, 6) is 0.911. The first-order valence-electron chi connectivity index (χ1n) is 7.39. The second kappa shape index (κ2) is 6.55. The smallest absolute Gasteiger partial charge is 0.237 e. The average molecular weight is 254 g/mol. The van der Waals surface area contributed by atoms with E-state index in [4.69, 9.17) is 5.73 Å². The molecule has 1 aliphatic rings. The normalized spacial score (nSPS) is 20.4. The van der Waals surface area contributed by atoms with Crippen LogP contribution in [-0.2, 0) is 4.79 Å². The first-order valence-corrected chi connectivity index (χ1v) is 7.39. The first kappa shape index (κ1) is 15.5. The molecule has 1 saturated carbocycles. The molecule has 0 saturated heterocycles. The molecule has 0 aromatic rings. The van der Waals surface area contributed by atoms with Crippen molar-refractivity contribution in [2.45, 2.75) is 65.8 Å². The van der Waals surface area contributed by atoms with Gasteiger partial charge in [-0.2, -0.15) is 0 Å². The summed E-state index contributed by atoms with van der Waals surface area (Å²) in [5, 5.41) is 3.09. The van der Waals surface area contributed by atoms with Crippen molar-refractivity contribution in [2.75, 3.05) is 6.54 Å². The van der Waals surface area contributed by atoms with Crippen LogP contribution in [0, 0.1) is 17.3 Å². The first-order chi connectivity index (χ1) is 8.36. The summed E-state index contributed by atoms with van der Waals surface area (Å²) >= 11 is 0. The van der Waals surface area contributed by atoms with Crippen molar-refractivity contribution in [3.05, 3.63) is 0 Å². The van der Waals surface area contributed by atoms with Crippen LogP contribution in [0.3, 0.4) is 0 Å². The Morgan fingerprint density at radius 3 is 2.22 bits per heavy atom. The van der Waals surface area contributed by atoms with Crippen LogP contribution in [0.2, 0.25) is 0 Å². The van der Waals surface area contributed by atoms with Gasteiger partial charge >= 0.3 is 0 Å². The molecule has 18 heavy (non-hydrogen) atoms. The van der Waals surface area contributed by atoms with E-state index in [9.17, 15) is 4.79 Å². The highest BCUT2D eigenvalue weighted by atomic mass is 16.2. The SMILES string of the molecule is CC(C)CC1(CNC(=O)[C@H](N)C(C)C)CCCC1. The van der Waals surface area contributed by atoms with Crippen molar-refractivity contribution in [3.8, 4) is 0 Å². The van der Waals surface area contributed by atoms with Gasteiger partial charge < -0.3 is 11.1 Å². The van der Waals surface area contributed by atoms with E-state index in [-0.39, 0.29) is 17.9 Å². The van der Waals surface area contributed by atoms with Crippen molar-refractivity contribution < 1.29 is 4.79 Å². The van der Waals surface area contributed by atoms with E-state index >= 15 is 0 Å². The van der Waals surface area contributed by atoms with Crippen LogP contribution >= 0.6 is 0 Å². The minimum atomic E-state index is -0.373. The van der Waals surface area contributed by atoms with Gasteiger partial charge in [0.25, 0.3) is 0 Å². The molecule has 0 bridgehead atoms. The van der Waals surface area contributed by atoms with Crippen LogP contribution in [-0.4, -0.2) is 18.5 Å². The minimum Gasteiger partial charge on any atom is -0.354 e. The maximum atomic E-state index is 11.9. The highest BCUT2D eigenvalue weighted by molar-refractivity contribution is 5.81. The van der Waals surface area contributed by atoms with E-state index in [1.165, 1.54) is 32.1 Å². The number of carbonyl (C=O) groups excluding carboxylic acids is 1. The molecule has 3 nitrogen and oxygen atoms in total. The lowest BCUT2D eigenvalue weighted by Gasteiger charge is -2.32. The van der Waals surface area contributed by atoms with Crippen LogP contribution in [0.5, 0.6) is 0 Å². The average Bonchev–Trinajstić information content (AvgIpc) is 2.72. The lowest BCUT2D eigenvalue weighted by atomic mass is 9.78. The van der Waals surface area contributed by atoms with Crippen LogP contribution in [0.1, 0.15) is 59.8 Å².